The van der Waals surface area contributed by atoms with Crippen LogP contribution in [-0.4, -0.2) is 78.6 Å². The predicted molar refractivity (Wildman–Crippen MR) is 97.3 cm³/mol. The second kappa shape index (κ2) is 8.12. The van der Waals surface area contributed by atoms with Crippen LogP contribution in [-0.2, 0) is 4.74 Å². The topological polar surface area (TPSA) is 66.2 Å². The number of hydrogen-bond acceptors (Lipinski definition) is 5. The zero-order valence-electron chi connectivity index (χ0n) is 16.0. The summed E-state index contributed by atoms with van der Waals surface area (Å²) in [6, 6.07) is 2.18. The fourth-order valence-electron chi connectivity index (χ4n) is 3.94. The Hall–Kier alpha value is -2.02. The number of furan rings is 1. The Morgan fingerprint density at radius 2 is 1.96 bits per heavy atom. The molecule has 7 nitrogen and oxygen atoms in total. The van der Waals surface area contributed by atoms with Gasteiger partial charge in [0.2, 0.25) is 0 Å². The van der Waals surface area contributed by atoms with E-state index in [9.17, 15) is 9.59 Å². The average molecular weight is 363 g/mol. The van der Waals surface area contributed by atoms with Crippen LogP contribution in [0.15, 0.2) is 10.5 Å². The van der Waals surface area contributed by atoms with E-state index in [0.29, 0.717) is 37.1 Å². The first kappa shape index (κ1) is 18.8. The quantitative estimate of drug-likeness (QED) is 0.824. The highest BCUT2D eigenvalue weighted by molar-refractivity contribution is 5.95. The fourth-order valence-corrected chi connectivity index (χ4v) is 3.94. The van der Waals surface area contributed by atoms with Gasteiger partial charge in [-0.05, 0) is 39.7 Å². The third kappa shape index (κ3) is 4.03. The van der Waals surface area contributed by atoms with Gasteiger partial charge < -0.3 is 19.0 Å². The van der Waals surface area contributed by atoms with Crippen molar-refractivity contribution in [1.82, 2.24) is 14.7 Å². The normalized spacial score (nSPS) is 21.7. The van der Waals surface area contributed by atoms with Crippen molar-refractivity contribution in [3.63, 3.8) is 0 Å². The predicted octanol–water partition coefficient (Wildman–Crippen LogP) is 2.28. The van der Waals surface area contributed by atoms with Crippen molar-refractivity contribution in [2.45, 2.75) is 39.7 Å². The molecule has 2 aliphatic heterocycles. The van der Waals surface area contributed by atoms with E-state index in [2.05, 4.69) is 4.90 Å². The molecule has 1 atom stereocenters. The second-order valence-corrected chi connectivity index (χ2v) is 7.10. The second-order valence-electron chi connectivity index (χ2n) is 7.10. The van der Waals surface area contributed by atoms with Gasteiger partial charge in [-0.25, -0.2) is 4.79 Å². The van der Waals surface area contributed by atoms with E-state index in [1.807, 2.05) is 31.7 Å². The fraction of sp³-hybridized carbons (Fsp3) is 0.684. The lowest BCUT2D eigenvalue weighted by Gasteiger charge is -2.27. The molecule has 1 aromatic heterocycles. The molecule has 3 rings (SSSR count). The molecule has 2 saturated heterocycles. The van der Waals surface area contributed by atoms with Crippen LogP contribution < -0.4 is 0 Å². The number of carbonyl (C=O) groups excluding carboxylic acids is 2. The number of aryl methyl sites for hydroxylation is 2. The van der Waals surface area contributed by atoms with E-state index in [-0.39, 0.29) is 12.0 Å². The van der Waals surface area contributed by atoms with Gasteiger partial charge in [0, 0.05) is 45.3 Å². The Balaban J connectivity index is 1.56. The first-order valence-electron chi connectivity index (χ1n) is 9.51. The van der Waals surface area contributed by atoms with E-state index in [1.165, 1.54) is 0 Å². The third-order valence-corrected chi connectivity index (χ3v) is 5.29. The molecule has 1 unspecified atom stereocenters. The Morgan fingerprint density at radius 3 is 2.65 bits per heavy atom. The summed E-state index contributed by atoms with van der Waals surface area (Å²) in [7, 11) is 0. The number of ether oxygens (including phenoxy) is 1. The van der Waals surface area contributed by atoms with Gasteiger partial charge in [0.05, 0.1) is 12.2 Å². The maximum Gasteiger partial charge on any atom is 0.409 e. The van der Waals surface area contributed by atoms with E-state index in [0.717, 1.165) is 44.8 Å². The Morgan fingerprint density at radius 1 is 1.15 bits per heavy atom. The van der Waals surface area contributed by atoms with E-state index in [1.54, 1.807) is 4.90 Å². The number of amides is 2. The van der Waals surface area contributed by atoms with Crippen molar-refractivity contribution in [3.05, 3.63) is 23.2 Å². The molecule has 26 heavy (non-hydrogen) atoms. The molecular weight excluding hydrogens is 334 g/mol. The number of likely N-dealkylation sites (tertiary alicyclic amines) is 1. The lowest BCUT2D eigenvalue weighted by molar-refractivity contribution is 0.0756. The summed E-state index contributed by atoms with van der Waals surface area (Å²) in [6.45, 7) is 10.7. The molecule has 0 N–H and O–H groups in total. The van der Waals surface area contributed by atoms with E-state index in [4.69, 9.17) is 9.15 Å². The van der Waals surface area contributed by atoms with Crippen molar-refractivity contribution in [2.75, 3.05) is 45.9 Å². The molecule has 0 radical (unpaired) electrons. The zero-order valence-corrected chi connectivity index (χ0v) is 16.0. The molecule has 2 aliphatic rings. The molecular formula is C19H29N3O4. The SMILES string of the molecule is CCOC(=O)N1CCC(N2CCCN(C(=O)c3cc(C)oc3C)CC2)C1. The summed E-state index contributed by atoms with van der Waals surface area (Å²) >= 11 is 0. The Labute approximate surface area is 154 Å². The van der Waals surface area contributed by atoms with E-state index >= 15 is 0 Å². The highest BCUT2D eigenvalue weighted by Crippen LogP contribution is 2.20. The van der Waals surface area contributed by atoms with Gasteiger partial charge in [0.25, 0.3) is 5.91 Å². The average Bonchev–Trinajstić information content (AvgIpc) is 3.14. The molecule has 0 aliphatic carbocycles. The van der Waals surface area contributed by atoms with Gasteiger partial charge in [-0.3, -0.25) is 9.69 Å². The molecule has 1 aromatic rings. The standard InChI is InChI=1S/C19H29N3O4/c1-4-25-19(24)22-9-6-16(13-22)20-7-5-8-21(11-10-20)18(23)17-12-14(2)26-15(17)3/h12,16H,4-11,13H2,1-3H3. The minimum Gasteiger partial charge on any atom is -0.466 e. The molecule has 144 valence electrons. The molecule has 0 spiro atoms. The molecule has 2 fully saturated rings. The Bertz CT molecular complexity index is 657. The van der Waals surface area contributed by atoms with Crippen LogP contribution in [0.5, 0.6) is 0 Å². The molecule has 7 heteroatoms. The summed E-state index contributed by atoms with van der Waals surface area (Å²) in [4.78, 5) is 30.8. The van der Waals surface area contributed by atoms with Crippen LogP contribution in [0.4, 0.5) is 4.79 Å². The highest BCUT2D eigenvalue weighted by atomic mass is 16.6. The maximum atomic E-state index is 12.8. The van der Waals surface area contributed by atoms with Gasteiger partial charge in [0.1, 0.15) is 11.5 Å². The van der Waals surface area contributed by atoms with Crippen LogP contribution >= 0.6 is 0 Å². The van der Waals surface area contributed by atoms with Gasteiger partial charge in [0.15, 0.2) is 0 Å². The summed E-state index contributed by atoms with van der Waals surface area (Å²) in [5.41, 5.74) is 0.672. The van der Waals surface area contributed by atoms with E-state index < -0.39 is 0 Å². The van der Waals surface area contributed by atoms with Crippen LogP contribution in [0, 0.1) is 13.8 Å². The lowest BCUT2D eigenvalue weighted by Crippen LogP contribution is -2.41. The molecule has 3 heterocycles. The monoisotopic (exact) mass is 363 g/mol. The molecule has 2 amide bonds. The van der Waals surface area contributed by atoms with Gasteiger partial charge in [-0.15, -0.1) is 0 Å². The minimum atomic E-state index is -0.215. The van der Waals surface area contributed by atoms with Gasteiger partial charge >= 0.3 is 6.09 Å². The summed E-state index contributed by atoms with van der Waals surface area (Å²) in [6.07, 6.45) is 1.69. The number of rotatable bonds is 3. The zero-order chi connectivity index (χ0) is 18.7. The van der Waals surface area contributed by atoms with Crippen LogP contribution in [0.3, 0.4) is 0 Å². The largest absolute Gasteiger partial charge is 0.466 e. The Kier molecular flexibility index (Phi) is 5.86. The highest BCUT2D eigenvalue weighted by Gasteiger charge is 2.32. The molecule has 0 saturated carbocycles. The van der Waals surface area contributed by atoms with Crippen molar-refractivity contribution in [1.29, 1.82) is 0 Å². The van der Waals surface area contributed by atoms with Crippen LogP contribution in [0.25, 0.3) is 0 Å². The van der Waals surface area contributed by atoms with Gasteiger partial charge in [-0.2, -0.15) is 0 Å². The van der Waals surface area contributed by atoms with Gasteiger partial charge in [-0.1, -0.05) is 0 Å². The van der Waals surface area contributed by atoms with Crippen molar-refractivity contribution < 1.29 is 18.7 Å². The smallest absolute Gasteiger partial charge is 0.409 e. The third-order valence-electron chi connectivity index (χ3n) is 5.29. The summed E-state index contributed by atoms with van der Waals surface area (Å²) in [5.74, 6) is 1.52. The first-order valence-corrected chi connectivity index (χ1v) is 9.51. The van der Waals surface area contributed by atoms with Crippen molar-refractivity contribution in [3.8, 4) is 0 Å². The summed E-state index contributed by atoms with van der Waals surface area (Å²) < 4.78 is 10.6. The van der Waals surface area contributed by atoms with Crippen LogP contribution in [0.2, 0.25) is 0 Å². The minimum absolute atomic E-state index is 0.0563. The number of hydrogen-bond donors (Lipinski definition) is 0. The number of nitrogens with zero attached hydrogens (tertiary/aromatic N) is 3. The van der Waals surface area contributed by atoms with Crippen molar-refractivity contribution >= 4 is 12.0 Å². The van der Waals surface area contributed by atoms with Crippen molar-refractivity contribution in [2.24, 2.45) is 0 Å². The number of carbonyl (C=O) groups is 2. The maximum absolute atomic E-state index is 12.8. The lowest BCUT2D eigenvalue weighted by atomic mass is 10.2. The van der Waals surface area contributed by atoms with Crippen LogP contribution in [0.1, 0.15) is 41.6 Å². The molecule has 0 bridgehead atoms. The molecule has 0 aromatic carbocycles. The summed E-state index contributed by atoms with van der Waals surface area (Å²) in [5, 5.41) is 0. The first-order chi connectivity index (χ1) is 12.5.